The van der Waals surface area contributed by atoms with E-state index in [1.807, 2.05) is 12.1 Å². The Bertz CT molecular complexity index is 305. The lowest BCUT2D eigenvalue weighted by Crippen LogP contribution is -2.31. The largest absolute Gasteiger partial charge is 0.467 e. The van der Waals surface area contributed by atoms with E-state index in [2.05, 4.69) is 5.32 Å². The van der Waals surface area contributed by atoms with Crippen LogP contribution in [0.5, 0.6) is 0 Å². The van der Waals surface area contributed by atoms with Crippen LogP contribution in [-0.2, 0) is 20.8 Å². The van der Waals surface area contributed by atoms with Crippen LogP contribution in [-0.4, -0.2) is 57.8 Å². The lowest BCUT2D eigenvalue weighted by atomic mass is 10.3. The van der Waals surface area contributed by atoms with Gasteiger partial charge in [-0.15, -0.1) is 0 Å². The van der Waals surface area contributed by atoms with E-state index in [1.165, 1.54) is 0 Å². The molecule has 2 N–H and O–H groups in total. The van der Waals surface area contributed by atoms with Crippen LogP contribution < -0.4 is 5.32 Å². The second-order valence-electron chi connectivity index (χ2n) is 4.41. The first-order chi connectivity index (χ1) is 9.83. The highest BCUT2D eigenvalue weighted by Crippen LogP contribution is 2.01. The first kappa shape index (κ1) is 17.1. The molecule has 0 aliphatic rings. The van der Waals surface area contributed by atoms with Gasteiger partial charge in [-0.1, -0.05) is 0 Å². The Labute approximate surface area is 120 Å². The Hall–Kier alpha value is -0.920. The molecule has 1 unspecified atom stereocenters. The molecular formula is C14H25NO5. The molecule has 1 atom stereocenters. The van der Waals surface area contributed by atoms with Crippen LogP contribution >= 0.6 is 0 Å². The highest BCUT2D eigenvalue weighted by molar-refractivity contribution is 4.96. The van der Waals surface area contributed by atoms with Crippen molar-refractivity contribution in [3.63, 3.8) is 0 Å². The van der Waals surface area contributed by atoms with Gasteiger partial charge in [0.15, 0.2) is 0 Å². The molecule has 1 aromatic heterocycles. The molecule has 0 aliphatic heterocycles. The fourth-order valence-electron chi connectivity index (χ4n) is 1.56. The highest BCUT2D eigenvalue weighted by atomic mass is 16.5. The number of rotatable bonds is 13. The number of furan rings is 1. The molecule has 0 saturated heterocycles. The van der Waals surface area contributed by atoms with Crippen LogP contribution in [0.25, 0.3) is 0 Å². The monoisotopic (exact) mass is 287 g/mol. The second kappa shape index (κ2) is 11.9. The van der Waals surface area contributed by atoms with Gasteiger partial charge in [0.2, 0.25) is 0 Å². The zero-order chi connectivity index (χ0) is 14.5. The molecular weight excluding hydrogens is 262 g/mol. The van der Waals surface area contributed by atoms with E-state index in [0.717, 1.165) is 18.7 Å². The lowest BCUT2D eigenvalue weighted by molar-refractivity contribution is 0.0223. The predicted octanol–water partition coefficient (Wildman–Crippen LogP) is 0.800. The number of methoxy groups -OCH3 is 1. The van der Waals surface area contributed by atoms with Crippen LogP contribution in [0.2, 0.25) is 0 Å². The van der Waals surface area contributed by atoms with Gasteiger partial charge in [-0.25, -0.2) is 0 Å². The predicted molar refractivity (Wildman–Crippen MR) is 74.6 cm³/mol. The van der Waals surface area contributed by atoms with Crippen LogP contribution in [0.4, 0.5) is 0 Å². The maximum atomic E-state index is 9.68. The summed E-state index contributed by atoms with van der Waals surface area (Å²) in [4.78, 5) is 0. The van der Waals surface area contributed by atoms with Crippen LogP contribution in [0, 0.1) is 0 Å². The Morgan fingerprint density at radius 3 is 2.95 bits per heavy atom. The first-order valence-electron chi connectivity index (χ1n) is 6.88. The zero-order valence-corrected chi connectivity index (χ0v) is 12.0. The normalized spacial score (nSPS) is 12.7. The van der Waals surface area contributed by atoms with E-state index in [-0.39, 0.29) is 6.61 Å². The number of nitrogens with one attached hydrogen (secondary N) is 1. The van der Waals surface area contributed by atoms with Crippen molar-refractivity contribution in [1.29, 1.82) is 0 Å². The van der Waals surface area contributed by atoms with Crippen molar-refractivity contribution in [2.24, 2.45) is 0 Å². The average molecular weight is 287 g/mol. The maximum Gasteiger partial charge on any atom is 0.129 e. The summed E-state index contributed by atoms with van der Waals surface area (Å²) >= 11 is 0. The van der Waals surface area contributed by atoms with Gasteiger partial charge in [-0.05, 0) is 25.1 Å². The summed E-state index contributed by atoms with van der Waals surface area (Å²) in [5.74, 6) is 0.762. The van der Waals surface area contributed by atoms with Crippen LogP contribution in [0.15, 0.2) is 22.8 Å². The van der Waals surface area contributed by atoms with Crippen molar-refractivity contribution in [2.75, 3.05) is 46.6 Å². The van der Waals surface area contributed by atoms with Gasteiger partial charge in [0.1, 0.15) is 12.4 Å². The van der Waals surface area contributed by atoms with E-state index in [0.29, 0.717) is 33.0 Å². The zero-order valence-electron chi connectivity index (χ0n) is 12.0. The Kier molecular flexibility index (Phi) is 10.2. The minimum Gasteiger partial charge on any atom is -0.467 e. The summed E-state index contributed by atoms with van der Waals surface area (Å²) in [7, 11) is 1.65. The molecule has 0 fully saturated rings. The van der Waals surface area contributed by atoms with Gasteiger partial charge in [-0.3, -0.25) is 0 Å². The molecule has 1 heterocycles. The fraction of sp³-hybridized carbons (Fsp3) is 0.714. The van der Waals surface area contributed by atoms with Gasteiger partial charge in [0.05, 0.1) is 32.2 Å². The summed E-state index contributed by atoms with van der Waals surface area (Å²) in [6.07, 6.45) is 1.99. The molecule has 0 spiro atoms. The fourth-order valence-corrected chi connectivity index (χ4v) is 1.56. The quantitative estimate of drug-likeness (QED) is 0.523. The van der Waals surface area contributed by atoms with Gasteiger partial charge in [-0.2, -0.15) is 0 Å². The minimum atomic E-state index is -0.514. The second-order valence-corrected chi connectivity index (χ2v) is 4.41. The van der Waals surface area contributed by atoms with Gasteiger partial charge >= 0.3 is 0 Å². The molecule has 0 radical (unpaired) electrons. The summed E-state index contributed by atoms with van der Waals surface area (Å²) in [5.41, 5.74) is 0. The molecule has 1 aromatic rings. The number of hydrogen-bond donors (Lipinski definition) is 2. The van der Waals surface area contributed by atoms with Crippen molar-refractivity contribution >= 4 is 0 Å². The summed E-state index contributed by atoms with van der Waals surface area (Å²) in [6.45, 7) is 3.94. The molecule has 6 heteroatoms. The number of aliphatic hydroxyl groups is 1. The molecule has 1 rings (SSSR count). The molecule has 0 amide bonds. The van der Waals surface area contributed by atoms with Crippen LogP contribution in [0.1, 0.15) is 12.2 Å². The average Bonchev–Trinajstić information content (AvgIpc) is 2.95. The topological polar surface area (TPSA) is 73.1 Å². The van der Waals surface area contributed by atoms with E-state index < -0.39 is 6.10 Å². The number of aliphatic hydroxyl groups excluding tert-OH is 1. The third kappa shape index (κ3) is 9.06. The molecule has 0 bridgehead atoms. The van der Waals surface area contributed by atoms with Crippen LogP contribution in [0.3, 0.4) is 0 Å². The third-order valence-electron chi connectivity index (χ3n) is 2.59. The van der Waals surface area contributed by atoms with Crippen molar-refractivity contribution in [3.8, 4) is 0 Å². The SMILES string of the molecule is COCCOCCCNCC(O)COCc1ccco1. The summed E-state index contributed by atoms with van der Waals surface area (Å²) in [5, 5.41) is 12.8. The third-order valence-corrected chi connectivity index (χ3v) is 2.59. The summed E-state index contributed by atoms with van der Waals surface area (Å²) < 4.78 is 20.7. The molecule has 116 valence electrons. The molecule has 0 aromatic carbocycles. The van der Waals surface area contributed by atoms with Gasteiger partial charge < -0.3 is 29.1 Å². The molecule has 0 saturated carbocycles. The Balaban J connectivity index is 1.84. The number of ether oxygens (including phenoxy) is 3. The first-order valence-corrected chi connectivity index (χ1v) is 6.88. The standard InChI is InChI=1S/C14H25NO5/c1-17-8-9-18-6-3-5-15-10-13(16)11-19-12-14-4-2-7-20-14/h2,4,7,13,15-16H,3,5-6,8-12H2,1H3. The maximum absolute atomic E-state index is 9.68. The van der Waals surface area contributed by atoms with Gasteiger partial charge in [0, 0.05) is 20.3 Å². The number of hydrogen-bond acceptors (Lipinski definition) is 6. The van der Waals surface area contributed by atoms with E-state index in [1.54, 1.807) is 13.4 Å². The molecule has 6 nitrogen and oxygen atoms in total. The van der Waals surface area contributed by atoms with Crippen molar-refractivity contribution in [1.82, 2.24) is 5.32 Å². The highest BCUT2D eigenvalue weighted by Gasteiger charge is 2.04. The van der Waals surface area contributed by atoms with E-state index >= 15 is 0 Å². The molecule has 20 heavy (non-hydrogen) atoms. The van der Waals surface area contributed by atoms with E-state index in [9.17, 15) is 5.11 Å². The Morgan fingerprint density at radius 1 is 1.30 bits per heavy atom. The summed E-state index contributed by atoms with van der Waals surface area (Å²) in [6, 6.07) is 3.65. The van der Waals surface area contributed by atoms with Gasteiger partial charge in [0.25, 0.3) is 0 Å². The van der Waals surface area contributed by atoms with Crippen molar-refractivity contribution < 1.29 is 23.7 Å². The Morgan fingerprint density at radius 2 is 2.20 bits per heavy atom. The van der Waals surface area contributed by atoms with E-state index in [4.69, 9.17) is 18.6 Å². The minimum absolute atomic E-state index is 0.290. The smallest absolute Gasteiger partial charge is 0.129 e. The van der Waals surface area contributed by atoms with Crippen molar-refractivity contribution in [3.05, 3.63) is 24.2 Å². The lowest BCUT2D eigenvalue weighted by Gasteiger charge is -2.12. The van der Waals surface area contributed by atoms with Crippen molar-refractivity contribution in [2.45, 2.75) is 19.1 Å². The molecule has 0 aliphatic carbocycles.